The second kappa shape index (κ2) is 6.06. The van der Waals surface area contributed by atoms with Gasteiger partial charge in [-0.2, -0.15) is 0 Å². The van der Waals surface area contributed by atoms with Gasteiger partial charge in [0.05, 0.1) is 31.2 Å². The highest BCUT2D eigenvalue weighted by molar-refractivity contribution is 5.92. The van der Waals surface area contributed by atoms with Gasteiger partial charge < -0.3 is 35.8 Å². The molecule has 3 heterocycles. The summed E-state index contributed by atoms with van der Waals surface area (Å²) >= 11 is 0. The van der Waals surface area contributed by atoms with Crippen molar-refractivity contribution in [3.8, 4) is 0 Å². The molecule has 24 heavy (non-hydrogen) atoms. The molecule has 0 aliphatic carbocycles. The number of aliphatic hydroxyl groups excluding tert-OH is 2. The lowest BCUT2D eigenvalue weighted by Crippen LogP contribution is -2.44. The molecule has 1 fully saturated rings. The highest BCUT2D eigenvalue weighted by Gasteiger charge is 2.50. The van der Waals surface area contributed by atoms with E-state index >= 15 is 4.39 Å². The van der Waals surface area contributed by atoms with Gasteiger partial charge >= 0.3 is 0 Å². The average molecular weight is 339 g/mol. The third kappa shape index (κ3) is 2.53. The van der Waals surface area contributed by atoms with Crippen LogP contribution in [-0.2, 0) is 16.1 Å². The monoisotopic (exact) mass is 339 g/mol. The number of anilines is 1. The lowest BCUT2D eigenvalue weighted by atomic mass is 9.98. The van der Waals surface area contributed by atoms with Crippen LogP contribution < -0.4 is 11.5 Å². The Balaban J connectivity index is 2.05. The Morgan fingerprint density at radius 1 is 1.58 bits per heavy atom. The van der Waals surface area contributed by atoms with Crippen LogP contribution in [-0.4, -0.2) is 62.1 Å². The van der Waals surface area contributed by atoms with Gasteiger partial charge in [0, 0.05) is 11.8 Å². The quantitative estimate of drug-likeness (QED) is 0.490. The first-order valence-corrected chi connectivity index (χ1v) is 7.31. The molecule has 0 amide bonds. The molecule has 4 atom stereocenters. The number of nitrogens with zero attached hydrogens (tertiary/aromatic N) is 3. The topological polar surface area (TPSA) is 150 Å². The SMILES string of the molecule is Nc1ncnc2c1c(C(N)C=O)cn2CC1(F)COC(CO)C1O. The smallest absolute Gasteiger partial charge is 0.180 e. The van der Waals surface area contributed by atoms with E-state index in [2.05, 4.69) is 9.97 Å². The molecule has 10 heteroatoms. The summed E-state index contributed by atoms with van der Waals surface area (Å²) in [5.41, 5.74) is 10.1. The summed E-state index contributed by atoms with van der Waals surface area (Å²) in [4.78, 5) is 19.0. The number of carbonyl (C=O) groups is 1. The standard InChI is InChI=1S/C14H18FN5O4/c15-14(5-24-9(3-22)11(14)23)4-20-1-7(8(16)2-21)10-12(17)18-6-19-13(10)20/h1-2,6,8-9,11,22-23H,3-5,16H2,(H2,17,18,19). The van der Waals surface area contributed by atoms with Crippen molar-refractivity contribution < 1.29 is 24.1 Å². The first-order chi connectivity index (χ1) is 11.4. The highest BCUT2D eigenvalue weighted by Crippen LogP contribution is 2.34. The fourth-order valence-electron chi connectivity index (χ4n) is 2.95. The molecule has 4 unspecified atom stereocenters. The van der Waals surface area contributed by atoms with Gasteiger partial charge in [0.25, 0.3) is 0 Å². The number of aromatic nitrogens is 3. The van der Waals surface area contributed by atoms with E-state index in [1.54, 1.807) is 0 Å². The minimum Gasteiger partial charge on any atom is -0.394 e. The molecular weight excluding hydrogens is 321 g/mol. The number of hydrogen-bond acceptors (Lipinski definition) is 8. The maximum atomic E-state index is 15.1. The lowest BCUT2D eigenvalue weighted by Gasteiger charge is -2.24. The largest absolute Gasteiger partial charge is 0.394 e. The number of fused-ring (bicyclic) bond motifs is 1. The van der Waals surface area contributed by atoms with Crippen molar-refractivity contribution >= 4 is 23.1 Å². The molecule has 1 aliphatic rings. The molecule has 1 saturated heterocycles. The van der Waals surface area contributed by atoms with Gasteiger partial charge in [-0.25, -0.2) is 14.4 Å². The number of aldehydes is 1. The van der Waals surface area contributed by atoms with Crippen LogP contribution >= 0.6 is 0 Å². The van der Waals surface area contributed by atoms with Crippen LogP contribution in [0.5, 0.6) is 0 Å². The van der Waals surface area contributed by atoms with E-state index in [1.165, 1.54) is 17.1 Å². The molecule has 0 saturated carbocycles. The molecule has 9 nitrogen and oxygen atoms in total. The second-order valence-electron chi connectivity index (χ2n) is 5.84. The Morgan fingerprint density at radius 2 is 2.33 bits per heavy atom. The van der Waals surface area contributed by atoms with E-state index < -0.39 is 30.5 Å². The predicted octanol–water partition coefficient (Wildman–Crippen LogP) is -1.33. The first-order valence-electron chi connectivity index (χ1n) is 7.31. The maximum Gasteiger partial charge on any atom is 0.180 e. The number of nitrogens with two attached hydrogens (primary N) is 2. The van der Waals surface area contributed by atoms with E-state index in [1.807, 2.05) is 0 Å². The number of alkyl halides is 1. The fourth-order valence-corrected chi connectivity index (χ4v) is 2.95. The first kappa shape index (κ1) is 16.7. The number of carbonyl (C=O) groups excluding carboxylic acids is 1. The van der Waals surface area contributed by atoms with Crippen molar-refractivity contribution in [1.82, 2.24) is 14.5 Å². The van der Waals surface area contributed by atoms with Gasteiger partial charge in [-0.3, -0.25) is 0 Å². The van der Waals surface area contributed by atoms with Crippen LogP contribution in [0.3, 0.4) is 0 Å². The minimum absolute atomic E-state index is 0.121. The van der Waals surface area contributed by atoms with Crippen molar-refractivity contribution in [3.63, 3.8) is 0 Å². The van der Waals surface area contributed by atoms with Gasteiger partial charge in [-0.1, -0.05) is 0 Å². The van der Waals surface area contributed by atoms with E-state index in [-0.39, 0.29) is 19.0 Å². The molecule has 1 aliphatic heterocycles. The van der Waals surface area contributed by atoms with Crippen molar-refractivity contribution in [2.45, 2.75) is 30.5 Å². The van der Waals surface area contributed by atoms with Crippen molar-refractivity contribution in [2.75, 3.05) is 18.9 Å². The minimum atomic E-state index is -2.12. The molecule has 0 radical (unpaired) electrons. The maximum absolute atomic E-state index is 15.1. The second-order valence-corrected chi connectivity index (χ2v) is 5.84. The van der Waals surface area contributed by atoms with Crippen LogP contribution in [0, 0.1) is 0 Å². The molecular formula is C14H18FN5O4. The summed E-state index contributed by atoms with van der Waals surface area (Å²) < 4.78 is 21.6. The third-order valence-electron chi connectivity index (χ3n) is 4.25. The third-order valence-corrected chi connectivity index (χ3v) is 4.25. The number of hydrogen-bond donors (Lipinski definition) is 4. The Labute approximate surface area is 136 Å². The molecule has 6 N–H and O–H groups in total. The lowest BCUT2D eigenvalue weighted by molar-refractivity contribution is -0.108. The Morgan fingerprint density at radius 3 is 2.96 bits per heavy atom. The van der Waals surface area contributed by atoms with Crippen molar-refractivity contribution in [2.24, 2.45) is 5.73 Å². The molecule has 2 aromatic heterocycles. The van der Waals surface area contributed by atoms with Crippen LogP contribution in [0.2, 0.25) is 0 Å². The number of aliphatic hydroxyl groups is 2. The van der Waals surface area contributed by atoms with Gasteiger partial charge in [0.15, 0.2) is 5.67 Å². The zero-order valence-electron chi connectivity index (χ0n) is 12.7. The van der Waals surface area contributed by atoms with Gasteiger partial charge in [-0.15, -0.1) is 0 Å². The highest BCUT2D eigenvalue weighted by atomic mass is 19.1. The molecule has 2 aromatic rings. The average Bonchev–Trinajstić information content (AvgIpc) is 3.07. The number of halogens is 1. The molecule has 0 bridgehead atoms. The summed E-state index contributed by atoms with van der Waals surface area (Å²) in [6, 6.07) is -0.965. The van der Waals surface area contributed by atoms with Crippen LogP contribution in [0.4, 0.5) is 10.2 Å². The summed E-state index contributed by atoms with van der Waals surface area (Å²) in [5, 5.41) is 19.5. The number of ether oxygens (including phenoxy) is 1. The van der Waals surface area contributed by atoms with E-state index in [0.717, 1.165) is 0 Å². The van der Waals surface area contributed by atoms with E-state index in [0.29, 0.717) is 22.9 Å². The van der Waals surface area contributed by atoms with Crippen molar-refractivity contribution in [3.05, 3.63) is 18.1 Å². The zero-order chi connectivity index (χ0) is 17.5. The van der Waals surface area contributed by atoms with Crippen LogP contribution in [0.15, 0.2) is 12.5 Å². The zero-order valence-corrected chi connectivity index (χ0v) is 12.7. The fraction of sp³-hybridized carbons (Fsp3) is 0.500. The summed E-state index contributed by atoms with van der Waals surface area (Å²) in [6.45, 7) is -1.17. The van der Waals surface area contributed by atoms with E-state index in [4.69, 9.17) is 21.3 Å². The summed E-state index contributed by atoms with van der Waals surface area (Å²) in [7, 11) is 0. The van der Waals surface area contributed by atoms with Gasteiger partial charge in [0.2, 0.25) is 0 Å². The summed E-state index contributed by atoms with van der Waals surface area (Å²) in [6.07, 6.45) is 0.727. The number of nitrogen functional groups attached to an aromatic ring is 1. The molecule has 0 aromatic carbocycles. The molecule has 0 spiro atoms. The van der Waals surface area contributed by atoms with Crippen molar-refractivity contribution in [1.29, 1.82) is 0 Å². The normalized spacial score (nSPS) is 28.3. The Bertz CT molecular complexity index is 769. The predicted molar refractivity (Wildman–Crippen MR) is 81.6 cm³/mol. The molecule has 130 valence electrons. The Hall–Kier alpha value is -2.14. The number of rotatable bonds is 5. The van der Waals surface area contributed by atoms with Crippen LogP contribution in [0.1, 0.15) is 11.6 Å². The van der Waals surface area contributed by atoms with Gasteiger partial charge in [0.1, 0.15) is 36.3 Å². The van der Waals surface area contributed by atoms with Gasteiger partial charge in [-0.05, 0) is 0 Å². The van der Waals surface area contributed by atoms with E-state index in [9.17, 15) is 9.90 Å². The molecule has 3 rings (SSSR count). The Kier molecular flexibility index (Phi) is 4.22. The van der Waals surface area contributed by atoms with Crippen LogP contribution in [0.25, 0.3) is 11.0 Å². The summed E-state index contributed by atoms with van der Waals surface area (Å²) in [5.74, 6) is 0.121.